The molecule has 0 saturated carbocycles. The highest BCUT2D eigenvalue weighted by molar-refractivity contribution is 6.25. The second-order valence-corrected chi connectivity index (χ2v) is 11.1. The fourth-order valence-corrected chi connectivity index (χ4v) is 6.46. The monoisotopic (exact) mass is 606 g/mol. The summed E-state index contributed by atoms with van der Waals surface area (Å²) in [7, 11) is 0. The van der Waals surface area contributed by atoms with Gasteiger partial charge in [-0.3, -0.25) is 9.59 Å². The predicted molar refractivity (Wildman–Crippen MR) is 185 cm³/mol. The van der Waals surface area contributed by atoms with Crippen molar-refractivity contribution in [2.75, 3.05) is 0 Å². The molecule has 0 spiro atoms. The number of allylic oxidation sites excluding steroid dienone is 4. The van der Waals surface area contributed by atoms with Crippen LogP contribution in [-0.4, -0.2) is 21.3 Å². The number of amides is 2. The number of fused-ring (bicyclic) bond motifs is 4. The van der Waals surface area contributed by atoms with Crippen molar-refractivity contribution in [1.29, 1.82) is 10.5 Å². The zero-order valence-electron chi connectivity index (χ0n) is 25.4. The van der Waals surface area contributed by atoms with Gasteiger partial charge in [0, 0.05) is 16.3 Å². The maximum atomic E-state index is 14.5. The zero-order valence-corrected chi connectivity index (χ0v) is 25.4. The second kappa shape index (κ2) is 11.6. The van der Waals surface area contributed by atoms with Crippen molar-refractivity contribution >= 4 is 39.2 Å². The SMILES string of the molecule is C=C/C(=C(\C=C/C)N1C(=O)c2cccc(-n3c4ccccc4c4ccc(-c5ccc(C#N)cc5C#N)cc43)c2C1=O)c1ccccc1. The van der Waals surface area contributed by atoms with Crippen molar-refractivity contribution in [3.8, 4) is 29.0 Å². The number of benzene rings is 5. The predicted octanol–water partition coefficient (Wildman–Crippen LogP) is 8.96. The summed E-state index contributed by atoms with van der Waals surface area (Å²) in [5, 5.41) is 21.2. The first-order chi connectivity index (χ1) is 23.0. The third-order valence-corrected chi connectivity index (χ3v) is 8.52. The van der Waals surface area contributed by atoms with Gasteiger partial charge in [0.05, 0.1) is 56.8 Å². The van der Waals surface area contributed by atoms with Gasteiger partial charge in [-0.1, -0.05) is 91.5 Å². The number of carbonyl (C=O) groups is 2. The Balaban J connectivity index is 1.47. The number of hydrogen-bond donors (Lipinski definition) is 0. The highest BCUT2D eigenvalue weighted by Crippen LogP contribution is 2.40. The zero-order chi connectivity index (χ0) is 32.7. The van der Waals surface area contributed by atoms with E-state index >= 15 is 0 Å². The fourth-order valence-electron chi connectivity index (χ4n) is 6.46. The Labute approximate surface area is 271 Å². The Morgan fingerprint density at radius 3 is 2.26 bits per heavy atom. The molecule has 0 radical (unpaired) electrons. The van der Waals surface area contributed by atoms with Crippen LogP contribution >= 0.6 is 0 Å². The van der Waals surface area contributed by atoms with Crippen molar-refractivity contribution in [3.05, 3.63) is 168 Å². The van der Waals surface area contributed by atoms with Gasteiger partial charge < -0.3 is 4.57 Å². The highest BCUT2D eigenvalue weighted by atomic mass is 16.2. The number of aromatic nitrogens is 1. The maximum Gasteiger partial charge on any atom is 0.268 e. The van der Waals surface area contributed by atoms with E-state index in [0.29, 0.717) is 44.8 Å². The normalized spacial score (nSPS) is 13.1. The minimum atomic E-state index is -0.426. The summed E-state index contributed by atoms with van der Waals surface area (Å²) in [6, 6.07) is 38.2. The van der Waals surface area contributed by atoms with Gasteiger partial charge in [0.1, 0.15) is 0 Å². The van der Waals surface area contributed by atoms with Crippen molar-refractivity contribution in [1.82, 2.24) is 9.47 Å². The van der Waals surface area contributed by atoms with Gasteiger partial charge in [0.25, 0.3) is 11.8 Å². The van der Waals surface area contributed by atoms with E-state index in [2.05, 4.69) is 18.7 Å². The van der Waals surface area contributed by atoms with E-state index in [1.165, 1.54) is 4.90 Å². The van der Waals surface area contributed by atoms with E-state index in [4.69, 9.17) is 0 Å². The van der Waals surface area contributed by atoms with E-state index < -0.39 is 11.8 Å². The van der Waals surface area contributed by atoms with Crippen LogP contribution in [0.15, 0.2) is 140 Å². The van der Waals surface area contributed by atoms with Crippen LogP contribution in [0.25, 0.3) is 44.2 Å². The minimum absolute atomic E-state index is 0.306. The molecule has 2 heterocycles. The first-order valence-corrected chi connectivity index (χ1v) is 15.1. The summed E-state index contributed by atoms with van der Waals surface area (Å²) in [6.45, 7) is 5.86. The lowest BCUT2D eigenvalue weighted by atomic mass is 9.97. The number of hydrogen-bond acceptors (Lipinski definition) is 4. The van der Waals surface area contributed by atoms with Gasteiger partial charge in [-0.25, -0.2) is 4.90 Å². The Morgan fingerprint density at radius 2 is 1.51 bits per heavy atom. The second-order valence-electron chi connectivity index (χ2n) is 11.1. The molecule has 7 rings (SSSR count). The van der Waals surface area contributed by atoms with Crippen LogP contribution in [0.1, 0.15) is 44.3 Å². The summed E-state index contributed by atoms with van der Waals surface area (Å²) < 4.78 is 2.02. The third-order valence-electron chi connectivity index (χ3n) is 8.52. The van der Waals surface area contributed by atoms with Crippen LogP contribution in [-0.2, 0) is 0 Å². The molecule has 6 aromatic rings. The molecular weight excluding hydrogens is 580 g/mol. The van der Waals surface area contributed by atoms with Gasteiger partial charge in [0.2, 0.25) is 0 Å². The molecule has 2 amide bonds. The standard InChI is InChI=1S/C41H26N4O2/c1-3-11-35(30(4-2)27-12-6-5-7-13-27)45-40(46)34-15-10-17-37(39(34)41(45)47)44-36-16-9-8-14-32(36)33-21-19-28(23-38(33)44)31-20-18-26(24-42)22-29(31)25-43/h3-23H,2H2,1H3/b11-3-,35-30-. The Morgan fingerprint density at radius 1 is 0.745 bits per heavy atom. The van der Waals surface area contributed by atoms with Crippen molar-refractivity contribution in [2.45, 2.75) is 6.92 Å². The van der Waals surface area contributed by atoms with Crippen LogP contribution in [0.2, 0.25) is 0 Å². The molecule has 0 atom stereocenters. The molecule has 47 heavy (non-hydrogen) atoms. The third kappa shape index (κ3) is 4.56. The molecular formula is C41H26N4O2. The Kier molecular flexibility index (Phi) is 7.17. The van der Waals surface area contributed by atoms with E-state index in [9.17, 15) is 20.1 Å². The first kappa shape index (κ1) is 29.0. The molecule has 6 nitrogen and oxygen atoms in total. The molecule has 0 fully saturated rings. The topological polar surface area (TPSA) is 89.9 Å². The van der Waals surface area contributed by atoms with Crippen molar-refractivity contribution < 1.29 is 9.59 Å². The smallest absolute Gasteiger partial charge is 0.268 e. The van der Waals surface area contributed by atoms with Crippen LogP contribution in [0.4, 0.5) is 0 Å². The lowest BCUT2D eigenvalue weighted by Gasteiger charge is -2.19. The molecule has 1 aliphatic rings. The van der Waals surface area contributed by atoms with Crippen LogP contribution in [0, 0.1) is 22.7 Å². The van der Waals surface area contributed by atoms with Crippen LogP contribution < -0.4 is 0 Å². The molecule has 1 aliphatic heterocycles. The molecule has 0 bridgehead atoms. The molecule has 1 aromatic heterocycles. The number of nitrogens with zero attached hydrogens (tertiary/aromatic N) is 4. The molecule has 0 unspecified atom stereocenters. The average Bonchev–Trinajstić information content (AvgIpc) is 3.58. The number of para-hydroxylation sites is 1. The van der Waals surface area contributed by atoms with Gasteiger partial charge in [-0.15, -0.1) is 0 Å². The van der Waals surface area contributed by atoms with Gasteiger partial charge in [-0.2, -0.15) is 10.5 Å². The molecule has 5 aromatic carbocycles. The maximum absolute atomic E-state index is 14.5. The van der Waals surface area contributed by atoms with Crippen molar-refractivity contribution in [3.63, 3.8) is 0 Å². The lowest BCUT2D eigenvalue weighted by molar-refractivity contribution is 0.0710. The Hall–Kier alpha value is -6.76. The molecule has 6 heteroatoms. The van der Waals surface area contributed by atoms with E-state index in [1.807, 2.05) is 90.4 Å². The molecule has 222 valence electrons. The lowest BCUT2D eigenvalue weighted by Crippen LogP contribution is -2.29. The van der Waals surface area contributed by atoms with Crippen LogP contribution in [0.5, 0.6) is 0 Å². The van der Waals surface area contributed by atoms with Crippen LogP contribution in [0.3, 0.4) is 0 Å². The molecule has 0 N–H and O–H groups in total. The van der Waals surface area contributed by atoms with E-state index in [1.54, 1.807) is 48.6 Å². The van der Waals surface area contributed by atoms with Gasteiger partial charge in [0.15, 0.2) is 0 Å². The quantitative estimate of drug-likeness (QED) is 0.140. The summed E-state index contributed by atoms with van der Waals surface area (Å²) in [5.41, 5.74) is 7.10. The summed E-state index contributed by atoms with van der Waals surface area (Å²) in [4.78, 5) is 29.9. The number of nitriles is 2. The number of carbonyl (C=O) groups excluding carboxylic acids is 2. The Bertz CT molecular complexity index is 2450. The fraction of sp³-hybridized carbons (Fsp3) is 0.0244. The molecule has 0 saturated heterocycles. The largest absolute Gasteiger partial charge is 0.308 e. The van der Waals surface area contributed by atoms with E-state index in [-0.39, 0.29) is 0 Å². The molecule has 0 aliphatic carbocycles. The minimum Gasteiger partial charge on any atom is -0.308 e. The highest BCUT2D eigenvalue weighted by Gasteiger charge is 2.40. The number of imide groups is 1. The van der Waals surface area contributed by atoms with Gasteiger partial charge >= 0.3 is 0 Å². The van der Waals surface area contributed by atoms with Crippen molar-refractivity contribution in [2.24, 2.45) is 0 Å². The van der Waals surface area contributed by atoms with Gasteiger partial charge in [-0.05, 0) is 66.1 Å². The summed E-state index contributed by atoms with van der Waals surface area (Å²) >= 11 is 0. The summed E-state index contributed by atoms with van der Waals surface area (Å²) in [6.07, 6.45) is 5.24. The summed E-state index contributed by atoms with van der Waals surface area (Å²) in [5.74, 6) is -0.835. The first-order valence-electron chi connectivity index (χ1n) is 15.1. The average molecular weight is 607 g/mol. The number of rotatable bonds is 6. The van der Waals surface area contributed by atoms with E-state index in [0.717, 1.165) is 32.9 Å².